The van der Waals surface area contributed by atoms with Crippen LogP contribution in [0, 0.1) is 5.92 Å². The van der Waals surface area contributed by atoms with Crippen molar-refractivity contribution in [3.05, 3.63) is 70.2 Å². The van der Waals surface area contributed by atoms with Gasteiger partial charge in [-0.3, -0.25) is 0 Å². The molecular formula is C16H16Br2. The molecule has 1 atom stereocenters. The molecule has 2 aromatic rings. The molecule has 0 radical (unpaired) electrons. The van der Waals surface area contributed by atoms with Gasteiger partial charge in [0.25, 0.3) is 0 Å². The third-order valence-corrected chi connectivity index (χ3v) is 4.74. The van der Waals surface area contributed by atoms with Gasteiger partial charge in [-0.2, -0.15) is 0 Å². The summed E-state index contributed by atoms with van der Waals surface area (Å²) >= 11 is 7.26. The Morgan fingerprint density at radius 2 is 1.50 bits per heavy atom. The highest BCUT2D eigenvalue weighted by Gasteiger charge is 2.11. The van der Waals surface area contributed by atoms with E-state index in [-0.39, 0.29) is 0 Å². The molecule has 2 aromatic carbocycles. The van der Waals surface area contributed by atoms with Crippen molar-refractivity contribution in [2.24, 2.45) is 5.92 Å². The molecule has 0 aromatic heterocycles. The average molecular weight is 368 g/mol. The van der Waals surface area contributed by atoms with Gasteiger partial charge in [0.05, 0.1) is 0 Å². The first-order valence-electron chi connectivity index (χ1n) is 6.13. The van der Waals surface area contributed by atoms with E-state index in [0.717, 1.165) is 18.2 Å². The quantitative estimate of drug-likeness (QED) is 0.633. The normalized spacial score (nSPS) is 12.3. The SMILES string of the molecule is BrCC(Cc1ccccc1)Cc1ccccc1Br. The van der Waals surface area contributed by atoms with Crippen molar-refractivity contribution < 1.29 is 0 Å². The van der Waals surface area contributed by atoms with E-state index in [2.05, 4.69) is 86.5 Å². The Morgan fingerprint density at radius 1 is 0.833 bits per heavy atom. The zero-order chi connectivity index (χ0) is 12.8. The van der Waals surface area contributed by atoms with Gasteiger partial charge < -0.3 is 0 Å². The van der Waals surface area contributed by atoms with Crippen LogP contribution in [0.1, 0.15) is 11.1 Å². The molecule has 2 heteroatoms. The van der Waals surface area contributed by atoms with E-state index in [0.29, 0.717) is 5.92 Å². The number of benzene rings is 2. The first-order valence-corrected chi connectivity index (χ1v) is 8.04. The number of hydrogen-bond acceptors (Lipinski definition) is 0. The molecule has 0 bridgehead atoms. The molecule has 94 valence electrons. The lowest BCUT2D eigenvalue weighted by molar-refractivity contribution is 0.590. The fourth-order valence-corrected chi connectivity index (χ4v) is 3.01. The van der Waals surface area contributed by atoms with E-state index >= 15 is 0 Å². The largest absolute Gasteiger partial charge is 0.0925 e. The van der Waals surface area contributed by atoms with Crippen LogP contribution in [0.4, 0.5) is 0 Å². The predicted octanol–water partition coefficient (Wildman–Crippen LogP) is 5.25. The van der Waals surface area contributed by atoms with Gasteiger partial charge in [-0.1, -0.05) is 80.4 Å². The van der Waals surface area contributed by atoms with E-state index in [4.69, 9.17) is 0 Å². The van der Waals surface area contributed by atoms with Crippen molar-refractivity contribution in [2.75, 3.05) is 5.33 Å². The first kappa shape index (κ1) is 13.8. The molecule has 0 aliphatic carbocycles. The summed E-state index contributed by atoms with van der Waals surface area (Å²) in [6, 6.07) is 19.2. The van der Waals surface area contributed by atoms with Crippen LogP contribution in [0.3, 0.4) is 0 Å². The van der Waals surface area contributed by atoms with Gasteiger partial charge in [0.2, 0.25) is 0 Å². The highest BCUT2D eigenvalue weighted by Crippen LogP contribution is 2.22. The summed E-state index contributed by atoms with van der Waals surface area (Å²) in [5, 5.41) is 1.03. The van der Waals surface area contributed by atoms with Crippen LogP contribution in [0.15, 0.2) is 59.1 Å². The van der Waals surface area contributed by atoms with Crippen molar-refractivity contribution >= 4 is 31.9 Å². The summed E-state index contributed by atoms with van der Waals surface area (Å²) in [5.74, 6) is 0.631. The Labute approximate surface area is 126 Å². The lowest BCUT2D eigenvalue weighted by atomic mass is 9.94. The Bertz CT molecular complexity index is 479. The van der Waals surface area contributed by atoms with Crippen molar-refractivity contribution in [3.8, 4) is 0 Å². The summed E-state index contributed by atoms with van der Waals surface area (Å²) in [6.07, 6.45) is 2.22. The molecule has 2 rings (SSSR count). The Kier molecular flexibility index (Phi) is 5.45. The second kappa shape index (κ2) is 7.10. The molecule has 0 saturated carbocycles. The maximum absolute atomic E-state index is 3.64. The van der Waals surface area contributed by atoms with Crippen LogP contribution in [-0.2, 0) is 12.8 Å². The Hall–Kier alpha value is -0.600. The zero-order valence-corrected chi connectivity index (χ0v) is 13.3. The van der Waals surface area contributed by atoms with Crippen LogP contribution >= 0.6 is 31.9 Å². The zero-order valence-electron chi connectivity index (χ0n) is 10.2. The molecule has 0 amide bonds. The third kappa shape index (κ3) is 3.96. The molecule has 0 heterocycles. The topological polar surface area (TPSA) is 0 Å². The molecule has 0 fully saturated rings. The molecule has 0 spiro atoms. The lowest BCUT2D eigenvalue weighted by Crippen LogP contribution is -2.10. The van der Waals surface area contributed by atoms with Gasteiger partial charge in [-0.15, -0.1) is 0 Å². The van der Waals surface area contributed by atoms with Crippen molar-refractivity contribution in [2.45, 2.75) is 12.8 Å². The van der Waals surface area contributed by atoms with Gasteiger partial charge in [0.15, 0.2) is 0 Å². The van der Waals surface area contributed by atoms with Crippen LogP contribution in [0.2, 0.25) is 0 Å². The Balaban J connectivity index is 2.04. The minimum absolute atomic E-state index is 0.631. The second-order valence-corrected chi connectivity index (χ2v) is 6.01. The molecule has 0 aliphatic rings. The number of halogens is 2. The fourth-order valence-electron chi connectivity index (χ4n) is 2.10. The molecule has 0 saturated heterocycles. The van der Waals surface area contributed by atoms with E-state index in [1.165, 1.54) is 15.6 Å². The molecule has 0 nitrogen and oxygen atoms in total. The highest BCUT2D eigenvalue weighted by molar-refractivity contribution is 9.10. The average Bonchev–Trinajstić information content (AvgIpc) is 2.41. The standard InChI is InChI=1S/C16H16Br2/c17-12-14(10-13-6-2-1-3-7-13)11-15-8-4-5-9-16(15)18/h1-9,14H,10-12H2. The molecule has 18 heavy (non-hydrogen) atoms. The van der Waals surface area contributed by atoms with Gasteiger partial charge >= 0.3 is 0 Å². The maximum atomic E-state index is 3.64. The first-order chi connectivity index (χ1) is 8.79. The molecule has 1 unspecified atom stereocenters. The summed E-state index contributed by atoms with van der Waals surface area (Å²) in [4.78, 5) is 0. The van der Waals surface area contributed by atoms with E-state index < -0.39 is 0 Å². The number of rotatable bonds is 5. The number of alkyl halides is 1. The van der Waals surface area contributed by atoms with Crippen molar-refractivity contribution in [1.82, 2.24) is 0 Å². The molecular weight excluding hydrogens is 352 g/mol. The van der Waals surface area contributed by atoms with Gasteiger partial charge in [-0.05, 0) is 36.0 Å². The molecule has 0 N–H and O–H groups in total. The van der Waals surface area contributed by atoms with Crippen LogP contribution < -0.4 is 0 Å². The summed E-state index contributed by atoms with van der Waals surface area (Å²) in [7, 11) is 0. The fraction of sp³-hybridized carbons (Fsp3) is 0.250. The van der Waals surface area contributed by atoms with E-state index in [9.17, 15) is 0 Å². The van der Waals surface area contributed by atoms with Crippen LogP contribution in [0.5, 0.6) is 0 Å². The van der Waals surface area contributed by atoms with Crippen molar-refractivity contribution in [3.63, 3.8) is 0 Å². The monoisotopic (exact) mass is 366 g/mol. The molecule has 0 aliphatic heterocycles. The van der Waals surface area contributed by atoms with E-state index in [1.54, 1.807) is 0 Å². The number of hydrogen-bond donors (Lipinski definition) is 0. The predicted molar refractivity (Wildman–Crippen MR) is 85.3 cm³/mol. The van der Waals surface area contributed by atoms with Gasteiger partial charge in [-0.25, -0.2) is 0 Å². The van der Waals surface area contributed by atoms with Crippen molar-refractivity contribution in [1.29, 1.82) is 0 Å². The highest BCUT2D eigenvalue weighted by atomic mass is 79.9. The van der Waals surface area contributed by atoms with Gasteiger partial charge in [0.1, 0.15) is 0 Å². The summed E-state index contributed by atoms with van der Waals surface area (Å²) in [6.45, 7) is 0. The minimum atomic E-state index is 0.631. The maximum Gasteiger partial charge on any atom is 0.0207 e. The van der Waals surface area contributed by atoms with Crippen LogP contribution in [-0.4, -0.2) is 5.33 Å². The Morgan fingerprint density at radius 3 is 2.17 bits per heavy atom. The third-order valence-electron chi connectivity index (χ3n) is 3.05. The van der Waals surface area contributed by atoms with Gasteiger partial charge in [0, 0.05) is 9.80 Å². The minimum Gasteiger partial charge on any atom is -0.0925 e. The van der Waals surface area contributed by atoms with E-state index in [1.807, 2.05) is 0 Å². The summed E-state index contributed by atoms with van der Waals surface area (Å²) < 4.78 is 1.21. The van der Waals surface area contributed by atoms with Crippen LogP contribution in [0.25, 0.3) is 0 Å². The second-order valence-electron chi connectivity index (χ2n) is 4.51. The lowest BCUT2D eigenvalue weighted by Gasteiger charge is -2.15. The summed E-state index contributed by atoms with van der Waals surface area (Å²) in [5.41, 5.74) is 2.80. The smallest absolute Gasteiger partial charge is 0.0207 e.